The number of nitrogens with zero attached hydrogens (tertiary/aromatic N) is 4. The fourth-order valence-electron chi connectivity index (χ4n) is 3.95. The van der Waals surface area contributed by atoms with Crippen molar-refractivity contribution in [1.82, 2.24) is 19.4 Å². The zero-order valence-electron chi connectivity index (χ0n) is 17.0. The summed E-state index contributed by atoms with van der Waals surface area (Å²) in [5.74, 6) is 0.218. The molecule has 0 spiro atoms. The highest BCUT2D eigenvalue weighted by Gasteiger charge is 2.22. The Morgan fingerprint density at radius 2 is 1.53 bits per heavy atom. The fraction of sp³-hybridized carbons (Fsp3) is 0.160. The Hall–Kier alpha value is -3.73. The Bertz CT molecular complexity index is 1410. The van der Waals surface area contributed by atoms with Gasteiger partial charge in [0.15, 0.2) is 0 Å². The third-order valence-electron chi connectivity index (χ3n) is 5.39. The van der Waals surface area contributed by atoms with Gasteiger partial charge in [0.2, 0.25) is 0 Å². The van der Waals surface area contributed by atoms with Crippen molar-refractivity contribution in [3.05, 3.63) is 101 Å². The first kappa shape index (κ1) is 18.3. The first-order valence-corrected chi connectivity index (χ1v) is 10.1. The van der Waals surface area contributed by atoms with Crippen LogP contribution in [-0.2, 0) is 6.54 Å². The number of fused-ring (bicyclic) bond motifs is 2. The highest BCUT2D eigenvalue weighted by atomic mass is 16.1. The van der Waals surface area contributed by atoms with Crippen LogP contribution in [-0.4, -0.2) is 19.4 Å². The van der Waals surface area contributed by atoms with Crippen LogP contribution in [0.1, 0.15) is 31.0 Å². The Morgan fingerprint density at radius 3 is 2.30 bits per heavy atom. The molecule has 148 valence electrons. The number of rotatable bonds is 4. The molecule has 0 N–H and O–H groups in total. The van der Waals surface area contributed by atoms with Gasteiger partial charge in [-0.25, -0.2) is 9.20 Å². The lowest BCUT2D eigenvalue weighted by atomic mass is 9.98. The molecule has 5 aromatic rings. The summed E-state index contributed by atoms with van der Waals surface area (Å²) in [5.41, 5.74) is 4.71. The summed E-state index contributed by atoms with van der Waals surface area (Å²) in [5, 5.41) is 11.2. The van der Waals surface area contributed by atoms with E-state index in [9.17, 15) is 4.79 Å². The number of hydrogen-bond acceptors (Lipinski definition) is 3. The lowest BCUT2D eigenvalue weighted by Crippen LogP contribution is -2.24. The van der Waals surface area contributed by atoms with Crippen molar-refractivity contribution in [3.8, 4) is 11.3 Å². The van der Waals surface area contributed by atoms with Crippen LogP contribution < -0.4 is 5.56 Å². The smallest absolute Gasteiger partial charge is 0.267 e. The van der Waals surface area contributed by atoms with E-state index in [2.05, 4.69) is 19.9 Å². The second-order valence-corrected chi connectivity index (χ2v) is 7.79. The maximum absolute atomic E-state index is 13.2. The molecule has 0 aliphatic rings. The Labute approximate surface area is 174 Å². The number of hydrogen-bond donors (Lipinski definition) is 0. The zero-order valence-corrected chi connectivity index (χ0v) is 17.0. The standard InChI is InChI=1S/C25H22N4O/c1-17(2)23-22(21-14-8-9-15-28(21)26-23)24-19-12-6-7-13-20(19)25(30)29(27-24)16-18-10-4-3-5-11-18/h3-15,17H,16H2,1-2H3. The van der Waals surface area contributed by atoms with Crippen LogP contribution in [0.25, 0.3) is 27.5 Å². The molecule has 0 fully saturated rings. The maximum Gasteiger partial charge on any atom is 0.274 e. The molecule has 3 heterocycles. The van der Waals surface area contributed by atoms with Crippen molar-refractivity contribution >= 4 is 16.3 Å². The Balaban J connectivity index is 1.84. The summed E-state index contributed by atoms with van der Waals surface area (Å²) >= 11 is 0. The molecule has 0 radical (unpaired) electrons. The topological polar surface area (TPSA) is 52.2 Å². The van der Waals surface area contributed by atoms with E-state index >= 15 is 0 Å². The van der Waals surface area contributed by atoms with Gasteiger partial charge in [-0.2, -0.15) is 10.2 Å². The van der Waals surface area contributed by atoms with Gasteiger partial charge < -0.3 is 0 Å². The van der Waals surface area contributed by atoms with E-state index in [0.717, 1.165) is 33.4 Å². The Kier molecular flexibility index (Phi) is 4.43. The van der Waals surface area contributed by atoms with Crippen molar-refractivity contribution in [3.63, 3.8) is 0 Å². The fourth-order valence-corrected chi connectivity index (χ4v) is 3.95. The summed E-state index contributed by atoms with van der Waals surface area (Å²) in [7, 11) is 0. The molecule has 5 rings (SSSR count). The molecule has 30 heavy (non-hydrogen) atoms. The van der Waals surface area contributed by atoms with Crippen LogP contribution in [0, 0.1) is 0 Å². The van der Waals surface area contributed by atoms with Crippen molar-refractivity contribution in [2.75, 3.05) is 0 Å². The van der Waals surface area contributed by atoms with E-state index < -0.39 is 0 Å². The summed E-state index contributed by atoms with van der Waals surface area (Å²) < 4.78 is 3.47. The number of aromatic nitrogens is 4. The molecule has 2 aromatic carbocycles. The van der Waals surface area contributed by atoms with E-state index in [4.69, 9.17) is 10.2 Å². The summed E-state index contributed by atoms with van der Waals surface area (Å²) in [6, 6.07) is 23.7. The van der Waals surface area contributed by atoms with Gasteiger partial charge in [-0.15, -0.1) is 0 Å². The van der Waals surface area contributed by atoms with Gasteiger partial charge >= 0.3 is 0 Å². The molecule has 0 aliphatic heterocycles. The summed E-state index contributed by atoms with van der Waals surface area (Å²) in [6.45, 7) is 4.69. The van der Waals surface area contributed by atoms with Crippen molar-refractivity contribution in [2.45, 2.75) is 26.3 Å². The van der Waals surface area contributed by atoms with Crippen molar-refractivity contribution < 1.29 is 0 Å². The minimum absolute atomic E-state index is 0.0826. The molecular formula is C25H22N4O. The van der Waals surface area contributed by atoms with Gasteiger partial charge in [0, 0.05) is 11.6 Å². The predicted octanol–water partition coefficient (Wildman–Crippen LogP) is 4.88. The van der Waals surface area contributed by atoms with Gasteiger partial charge in [0.05, 0.1) is 28.7 Å². The molecule has 0 amide bonds. The lowest BCUT2D eigenvalue weighted by Gasteiger charge is -2.13. The van der Waals surface area contributed by atoms with Gasteiger partial charge in [-0.1, -0.05) is 68.4 Å². The van der Waals surface area contributed by atoms with Crippen LogP contribution >= 0.6 is 0 Å². The van der Waals surface area contributed by atoms with Crippen LogP contribution in [0.3, 0.4) is 0 Å². The second-order valence-electron chi connectivity index (χ2n) is 7.79. The van der Waals surface area contributed by atoms with Gasteiger partial charge in [-0.05, 0) is 29.7 Å². The quantitative estimate of drug-likeness (QED) is 0.436. The third-order valence-corrected chi connectivity index (χ3v) is 5.39. The van der Waals surface area contributed by atoms with Crippen LogP contribution in [0.2, 0.25) is 0 Å². The monoisotopic (exact) mass is 394 g/mol. The molecule has 0 aliphatic carbocycles. The number of benzene rings is 2. The molecule has 0 saturated heterocycles. The maximum atomic E-state index is 13.2. The third kappa shape index (κ3) is 2.99. The van der Waals surface area contributed by atoms with E-state index in [1.54, 1.807) is 4.68 Å². The van der Waals surface area contributed by atoms with Crippen LogP contribution in [0.4, 0.5) is 0 Å². The first-order chi connectivity index (χ1) is 14.6. The highest BCUT2D eigenvalue weighted by molar-refractivity contribution is 5.98. The second kappa shape index (κ2) is 7.26. The first-order valence-electron chi connectivity index (χ1n) is 10.1. The summed E-state index contributed by atoms with van der Waals surface area (Å²) in [6.07, 6.45) is 1.95. The Morgan fingerprint density at radius 1 is 0.833 bits per heavy atom. The average molecular weight is 394 g/mol. The molecule has 0 bridgehead atoms. The molecule has 5 nitrogen and oxygen atoms in total. The van der Waals surface area contributed by atoms with Crippen LogP contribution in [0.5, 0.6) is 0 Å². The highest BCUT2D eigenvalue weighted by Crippen LogP contribution is 2.34. The lowest BCUT2D eigenvalue weighted by molar-refractivity contribution is 0.650. The molecule has 5 heteroatoms. The van der Waals surface area contributed by atoms with E-state index in [1.165, 1.54) is 0 Å². The van der Waals surface area contributed by atoms with Gasteiger partial charge in [0.25, 0.3) is 5.56 Å². The SMILES string of the molecule is CC(C)c1nn2ccccc2c1-c1nn(Cc2ccccc2)c(=O)c2ccccc12. The minimum Gasteiger partial charge on any atom is -0.267 e. The molecule has 0 saturated carbocycles. The van der Waals surface area contributed by atoms with Crippen molar-refractivity contribution in [2.24, 2.45) is 0 Å². The van der Waals surface area contributed by atoms with Crippen LogP contribution in [0.15, 0.2) is 83.8 Å². The van der Waals surface area contributed by atoms with Gasteiger partial charge in [-0.3, -0.25) is 4.79 Å². The van der Waals surface area contributed by atoms with Gasteiger partial charge in [0.1, 0.15) is 5.69 Å². The minimum atomic E-state index is -0.0826. The van der Waals surface area contributed by atoms with Crippen molar-refractivity contribution in [1.29, 1.82) is 0 Å². The predicted molar refractivity (Wildman–Crippen MR) is 120 cm³/mol. The summed E-state index contributed by atoms with van der Waals surface area (Å²) in [4.78, 5) is 13.2. The number of pyridine rings is 1. The zero-order chi connectivity index (χ0) is 20.7. The van der Waals surface area contributed by atoms with E-state index in [0.29, 0.717) is 11.9 Å². The molecule has 0 atom stereocenters. The molecule has 3 aromatic heterocycles. The normalized spacial score (nSPS) is 11.6. The average Bonchev–Trinajstić information content (AvgIpc) is 3.16. The molecular weight excluding hydrogens is 372 g/mol. The van der Waals surface area contributed by atoms with E-state index in [-0.39, 0.29) is 11.5 Å². The largest absolute Gasteiger partial charge is 0.274 e. The molecule has 0 unspecified atom stereocenters. The van der Waals surface area contributed by atoms with E-state index in [1.807, 2.05) is 77.4 Å².